The summed E-state index contributed by atoms with van der Waals surface area (Å²) in [5.41, 5.74) is 3.13. The minimum absolute atomic E-state index is 0.113. The summed E-state index contributed by atoms with van der Waals surface area (Å²) in [6.07, 6.45) is 1.27. The summed E-state index contributed by atoms with van der Waals surface area (Å²) >= 11 is 0. The average Bonchev–Trinajstić information content (AvgIpc) is 3.51. The molecule has 0 saturated carbocycles. The molecule has 0 radical (unpaired) electrons. The van der Waals surface area contributed by atoms with Gasteiger partial charge in [-0.25, -0.2) is 4.79 Å². The fourth-order valence-electron chi connectivity index (χ4n) is 3.93. The molecule has 190 valence electrons. The van der Waals surface area contributed by atoms with E-state index in [0.29, 0.717) is 49.9 Å². The maximum absolute atomic E-state index is 13.0. The summed E-state index contributed by atoms with van der Waals surface area (Å²) in [4.78, 5) is 41.0. The molecule has 4 rings (SSSR count). The van der Waals surface area contributed by atoms with E-state index in [0.717, 1.165) is 11.1 Å². The first-order chi connectivity index (χ1) is 17.3. The number of piperazine rings is 1. The number of carbonyl (C=O) groups excluding carboxylic acids is 3. The molecule has 1 aliphatic rings. The molecule has 1 aliphatic heterocycles. The molecule has 1 unspecified atom stereocenters. The van der Waals surface area contributed by atoms with Gasteiger partial charge in [-0.2, -0.15) is 5.10 Å². The highest BCUT2D eigenvalue weighted by Gasteiger charge is 2.29. The summed E-state index contributed by atoms with van der Waals surface area (Å²) in [5.74, 6) is -0.0539. The van der Waals surface area contributed by atoms with Gasteiger partial charge < -0.3 is 24.4 Å². The predicted molar refractivity (Wildman–Crippen MR) is 131 cm³/mol. The lowest BCUT2D eigenvalue weighted by Gasteiger charge is -2.35. The van der Waals surface area contributed by atoms with Crippen molar-refractivity contribution in [1.29, 1.82) is 0 Å². The third kappa shape index (κ3) is 5.40. The summed E-state index contributed by atoms with van der Waals surface area (Å²) in [6.45, 7) is 9.24. The van der Waals surface area contributed by atoms with E-state index in [9.17, 15) is 14.4 Å². The van der Waals surface area contributed by atoms with Crippen LogP contribution in [0.4, 0.5) is 10.5 Å². The van der Waals surface area contributed by atoms with Crippen molar-refractivity contribution in [3.05, 3.63) is 53.5 Å². The van der Waals surface area contributed by atoms with E-state index in [1.165, 1.54) is 4.68 Å². The number of hydrogen-bond acceptors (Lipinski definition) is 7. The molecular formula is C25H30N6O5. The SMILES string of the molecule is CCOC(=O)N1CCN(C(=O)C(C)n2cc(NC(=O)c3cc(-c4ccc(C)cc4)on3)c(C)n2)CC1. The fraction of sp³-hybridized carbons (Fsp3) is 0.400. The lowest BCUT2D eigenvalue weighted by Crippen LogP contribution is -2.52. The smallest absolute Gasteiger partial charge is 0.409 e. The molecule has 11 heteroatoms. The van der Waals surface area contributed by atoms with Gasteiger partial charge in [0.05, 0.1) is 18.0 Å². The van der Waals surface area contributed by atoms with Crippen molar-refractivity contribution >= 4 is 23.6 Å². The fourth-order valence-corrected chi connectivity index (χ4v) is 3.93. The van der Waals surface area contributed by atoms with Gasteiger partial charge in [-0.3, -0.25) is 14.3 Å². The summed E-state index contributed by atoms with van der Waals surface area (Å²) in [6, 6.07) is 8.73. The van der Waals surface area contributed by atoms with Gasteiger partial charge in [0.15, 0.2) is 11.5 Å². The monoisotopic (exact) mass is 494 g/mol. The van der Waals surface area contributed by atoms with Crippen LogP contribution in [0.5, 0.6) is 0 Å². The number of nitrogens with zero attached hydrogens (tertiary/aromatic N) is 5. The third-order valence-electron chi connectivity index (χ3n) is 6.12. The lowest BCUT2D eigenvalue weighted by atomic mass is 10.1. The number of aromatic nitrogens is 3. The Morgan fingerprint density at radius 2 is 1.75 bits per heavy atom. The Bertz CT molecular complexity index is 1240. The number of ether oxygens (including phenoxy) is 1. The number of nitrogens with one attached hydrogen (secondary N) is 1. The molecule has 0 bridgehead atoms. The normalized spacial score (nSPS) is 14.4. The van der Waals surface area contributed by atoms with Gasteiger partial charge in [0.1, 0.15) is 6.04 Å². The van der Waals surface area contributed by atoms with E-state index < -0.39 is 11.9 Å². The molecule has 1 fully saturated rings. The maximum atomic E-state index is 13.0. The van der Waals surface area contributed by atoms with Gasteiger partial charge >= 0.3 is 6.09 Å². The predicted octanol–water partition coefficient (Wildman–Crippen LogP) is 3.27. The Morgan fingerprint density at radius 1 is 1.08 bits per heavy atom. The lowest BCUT2D eigenvalue weighted by molar-refractivity contribution is -0.136. The topological polar surface area (TPSA) is 123 Å². The van der Waals surface area contributed by atoms with Crippen LogP contribution >= 0.6 is 0 Å². The van der Waals surface area contributed by atoms with Crippen molar-refractivity contribution < 1.29 is 23.6 Å². The number of anilines is 1. The van der Waals surface area contributed by atoms with Gasteiger partial charge in [-0.15, -0.1) is 0 Å². The van der Waals surface area contributed by atoms with Crippen molar-refractivity contribution in [2.75, 3.05) is 38.1 Å². The minimum Gasteiger partial charge on any atom is -0.450 e. The zero-order valence-corrected chi connectivity index (χ0v) is 20.9. The van der Waals surface area contributed by atoms with E-state index in [1.807, 2.05) is 31.2 Å². The second kappa shape index (κ2) is 10.6. The molecule has 1 N–H and O–H groups in total. The van der Waals surface area contributed by atoms with Crippen LogP contribution in [0.3, 0.4) is 0 Å². The number of hydrogen-bond donors (Lipinski definition) is 1. The number of aryl methyl sites for hydroxylation is 2. The molecule has 1 atom stereocenters. The Hall–Kier alpha value is -4.15. The van der Waals surface area contributed by atoms with E-state index in [-0.39, 0.29) is 17.7 Å². The summed E-state index contributed by atoms with van der Waals surface area (Å²) < 4.78 is 11.9. The van der Waals surface area contributed by atoms with Gasteiger partial charge in [-0.05, 0) is 27.7 Å². The zero-order chi connectivity index (χ0) is 25.8. The number of amides is 3. The molecule has 1 saturated heterocycles. The van der Waals surface area contributed by atoms with E-state index in [1.54, 1.807) is 42.8 Å². The Morgan fingerprint density at radius 3 is 2.42 bits per heavy atom. The minimum atomic E-state index is -0.580. The molecule has 11 nitrogen and oxygen atoms in total. The molecule has 3 amide bonds. The Balaban J connectivity index is 1.37. The third-order valence-corrected chi connectivity index (χ3v) is 6.12. The molecule has 2 aromatic heterocycles. The van der Waals surface area contributed by atoms with E-state index in [4.69, 9.17) is 9.26 Å². The number of rotatable bonds is 6. The molecular weight excluding hydrogens is 464 g/mol. The zero-order valence-electron chi connectivity index (χ0n) is 20.9. The van der Waals surface area contributed by atoms with Crippen molar-refractivity contribution in [2.24, 2.45) is 0 Å². The molecule has 3 aromatic rings. The van der Waals surface area contributed by atoms with Crippen LogP contribution in [0.15, 0.2) is 41.1 Å². The van der Waals surface area contributed by atoms with Crippen molar-refractivity contribution in [2.45, 2.75) is 33.7 Å². The van der Waals surface area contributed by atoms with Crippen LogP contribution in [0, 0.1) is 13.8 Å². The van der Waals surface area contributed by atoms with Crippen LogP contribution < -0.4 is 5.32 Å². The maximum Gasteiger partial charge on any atom is 0.409 e. The number of carbonyl (C=O) groups is 3. The molecule has 3 heterocycles. The summed E-state index contributed by atoms with van der Waals surface area (Å²) in [5, 5.41) is 11.1. The van der Waals surface area contributed by atoms with Crippen molar-refractivity contribution in [3.8, 4) is 11.3 Å². The van der Waals surface area contributed by atoms with Crippen LogP contribution in [0.25, 0.3) is 11.3 Å². The molecule has 1 aromatic carbocycles. The highest BCUT2D eigenvalue weighted by atomic mass is 16.6. The van der Waals surface area contributed by atoms with E-state index >= 15 is 0 Å². The first kappa shape index (κ1) is 25.0. The van der Waals surface area contributed by atoms with Crippen LogP contribution in [-0.4, -0.2) is 75.4 Å². The second-order valence-corrected chi connectivity index (χ2v) is 8.69. The largest absolute Gasteiger partial charge is 0.450 e. The molecule has 0 aliphatic carbocycles. The van der Waals surface area contributed by atoms with E-state index in [2.05, 4.69) is 15.6 Å². The Kier molecular flexibility index (Phi) is 7.37. The second-order valence-electron chi connectivity index (χ2n) is 8.69. The van der Waals surface area contributed by atoms with Crippen LogP contribution in [0.2, 0.25) is 0 Å². The van der Waals surface area contributed by atoms with Gasteiger partial charge in [-0.1, -0.05) is 35.0 Å². The van der Waals surface area contributed by atoms with Crippen LogP contribution in [0.1, 0.15) is 41.6 Å². The quantitative estimate of drug-likeness (QED) is 0.558. The van der Waals surface area contributed by atoms with Crippen LogP contribution in [-0.2, 0) is 9.53 Å². The highest BCUT2D eigenvalue weighted by molar-refractivity contribution is 6.03. The summed E-state index contributed by atoms with van der Waals surface area (Å²) in [7, 11) is 0. The van der Waals surface area contributed by atoms with Crippen molar-refractivity contribution in [1.82, 2.24) is 24.7 Å². The van der Waals surface area contributed by atoms with Gasteiger partial charge in [0.25, 0.3) is 5.91 Å². The number of benzene rings is 1. The first-order valence-electron chi connectivity index (χ1n) is 11.9. The average molecular weight is 495 g/mol. The van der Waals surface area contributed by atoms with Gasteiger partial charge in [0, 0.05) is 44.0 Å². The molecule has 0 spiro atoms. The van der Waals surface area contributed by atoms with Crippen molar-refractivity contribution in [3.63, 3.8) is 0 Å². The molecule has 36 heavy (non-hydrogen) atoms. The highest BCUT2D eigenvalue weighted by Crippen LogP contribution is 2.23. The standard InChI is InChI=1S/C25H30N6O5/c1-5-35-25(34)30-12-10-29(11-13-30)24(33)18(4)31-15-21(17(3)27-31)26-23(32)20-14-22(36-28-20)19-8-6-16(2)7-9-19/h6-9,14-15,18H,5,10-13H2,1-4H3,(H,26,32). The van der Waals surface area contributed by atoms with Gasteiger partial charge in [0.2, 0.25) is 5.91 Å². The first-order valence-corrected chi connectivity index (χ1v) is 11.9. The Labute approximate surface area is 209 Å².